The monoisotopic (exact) mass is 404 g/mol. The molecule has 0 spiro atoms. The van der Waals surface area contributed by atoms with Gasteiger partial charge in [0.1, 0.15) is 0 Å². The lowest BCUT2D eigenvalue weighted by molar-refractivity contribution is -0.130. The Hall–Kier alpha value is -0.0800. The van der Waals surface area contributed by atoms with Crippen LogP contribution in [0.1, 0.15) is 105 Å². The SMILES string of the molecule is CC(C)CCC[C@@H](C)[C@H]1C(O)C[C@H]2[C@@H]3CCC4CC(O)CC[C@]4(C)[C@H]3CC[C@]12C. The van der Waals surface area contributed by atoms with E-state index in [1.165, 1.54) is 51.4 Å². The van der Waals surface area contributed by atoms with Gasteiger partial charge in [0, 0.05) is 0 Å². The Balaban J connectivity index is 1.50. The molecule has 0 bridgehead atoms. The van der Waals surface area contributed by atoms with Gasteiger partial charge < -0.3 is 10.2 Å². The lowest BCUT2D eigenvalue weighted by Crippen LogP contribution is -2.54. The number of hydrogen-bond donors (Lipinski definition) is 2. The minimum atomic E-state index is -0.0866. The van der Waals surface area contributed by atoms with Crippen LogP contribution < -0.4 is 0 Å². The van der Waals surface area contributed by atoms with Crippen molar-refractivity contribution in [3.8, 4) is 0 Å². The van der Waals surface area contributed by atoms with E-state index in [0.29, 0.717) is 22.7 Å². The predicted octanol–water partition coefficient (Wildman–Crippen LogP) is 6.44. The zero-order chi connectivity index (χ0) is 21.0. The van der Waals surface area contributed by atoms with Crippen LogP contribution in [0, 0.1) is 52.3 Å². The molecule has 168 valence electrons. The zero-order valence-electron chi connectivity index (χ0n) is 19.9. The second-order valence-electron chi connectivity index (χ2n) is 12.8. The topological polar surface area (TPSA) is 40.5 Å². The smallest absolute Gasteiger partial charge is 0.0579 e. The maximum atomic E-state index is 11.3. The van der Waals surface area contributed by atoms with Gasteiger partial charge in [-0.15, -0.1) is 0 Å². The Kier molecular flexibility index (Phi) is 6.19. The summed E-state index contributed by atoms with van der Waals surface area (Å²) >= 11 is 0. The first-order valence-electron chi connectivity index (χ1n) is 13.0. The summed E-state index contributed by atoms with van der Waals surface area (Å²) in [5.41, 5.74) is 0.782. The Morgan fingerprint density at radius 1 is 0.828 bits per heavy atom. The molecule has 0 heterocycles. The molecule has 0 aromatic rings. The minimum absolute atomic E-state index is 0.0529. The van der Waals surface area contributed by atoms with Crippen molar-refractivity contribution in [3.63, 3.8) is 0 Å². The number of rotatable bonds is 5. The van der Waals surface area contributed by atoms with Crippen molar-refractivity contribution in [2.24, 2.45) is 52.3 Å². The molecule has 2 heteroatoms. The average molecular weight is 405 g/mol. The highest BCUT2D eigenvalue weighted by molar-refractivity contribution is 5.11. The fourth-order valence-electron chi connectivity index (χ4n) is 9.34. The van der Waals surface area contributed by atoms with Gasteiger partial charge in [0.05, 0.1) is 12.2 Å². The summed E-state index contributed by atoms with van der Waals surface area (Å²) in [5.74, 6) is 5.03. The summed E-state index contributed by atoms with van der Waals surface area (Å²) in [6.07, 6.45) is 13.5. The molecule has 29 heavy (non-hydrogen) atoms. The molecule has 3 unspecified atom stereocenters. The molecule has 4 saturated carbocycles. The molecule has 4 rings (SSSR count). The molecule has 0 aromatic heterocycles. The van der Waals surface area contributed by atoms with Gasteiger partial charge in [-0.2, -0.15) is 0 Å². The summed E-state index contributed by atoms with van der Waals surface area (Å²) in [5, 5.41) is 21.5. The molecule has 0 saturated heterocycles. The molecule has 4 aliphatic carbocycles. The van der Waals surface area contributed by atoms with Crippen LogP contribution >= 0.6 is 0 Å². The van der Waals surface area contributed by atoms with E-state index in [1.807, 2.05) is 0 Å². The van der Waals surface area contributed by atoms with Crippen LogP contribution in [-0.2, 0) is 0 Å². The molecule has 0 aliphatic heterocycles. The predicted molar refractivity (Wildman–Crippen MR) is 120 cm³/mol. The summed E-state index contributed by atoms with van der Waals surface area (Å²) in [6.45, 7) is 12.2. The Morgan fingerprint density at radius 3 is 2.28 bits per heavy atom. The largest absolute Gasteiger partial charge is 0.393 e. The third-order valence-electron chi connectivity index (χ3n) is 10.8. The molecule has 2 nitrogen and oxygen atoms in total. The molecular weight excluding hydrogens is 356 g/mol. The van der Waals surface area contributed by atoms with E-state index in [9.17, 15) is 10.2 Å². The molecule has 2 N–H and O–H groups in total. The molecule has 0 amide bonds. The second kappa shape index (κ2) is 8.12. The number of fused-ring (bicyclic) bond motifs is 5. The van der Waals surface area contributed by atoms with Crippen molar-refractivity contribution in [3.05, 3.63) is 0 Å². The first kappa shape index (κ1) is 22.1. The lowest BCUT2D eigenvalue weighted by Gasteiger charge is -2.61. The van der Waals surface area contributed by atoms with E-state index < -0.39 is 0 Å². The van der Waals surface area contributed by atoms with Crippen molar-refractivity contribution in [2.75, 3.05) is 0 Å². The molecule has 0 aromatic carbocycles. The first-order valence-corrected chi connectivity index (χ1v) is 13.0. The highest BCUT2D eigenvalue weighted by Gasteiger charge is 2.62. The van der Waals surface area contributed by atoms with Crippen LogP contribution in [0.25, 0.3) is 0 Å². The Morgan fingerprint density at radius 2 is 1.55 bits per heavy atom. The summed E-state index contributed by atoms with van der Waals surface area (Å²) in [7, 11) is 0. The number of hydrogen-bond acceptors (Lipinski definition) is 2. The van der Waals surface area contributed by atoms with E-state index in [1.54, 1.807) is 0 Å². The molecule has 4 fully saturated rings. The summed E-state index contributed by atoms with van der Waals surface area (Å²) in [6, 6.07) is 0. The van der Waals surface area contributed by atoms with E-state index >= 15 is 0 Å². The van der Waals surface area contributed by atoms with Gasteiger partial charge in [0.15, 0.2) is 0 Å². The highest BCUT2D eigenvalue weighted by Crippen LogP contribution is 2.68. The minimum Gasteiger partial charge on any atom is -0.393 e. The van der Waals surface area contributed by atoms with Gasteiger partial charge in [-0.25, -0.2) is 0 Å². The normalized spacial score (nSPS) is 50.7. The van der Waals surface area contributed by atoms with Crippen LogP contribution in [0.4, 0.5) is 0 Å². The van der Waals surface area contributed by atoms with Crippen LogP contribution in [-0.4, -0.2) is 22.4 Å². The summed E-state index contributed by atoms with van der Waals surface area (Å²) in [4.78, 5) is 0. The van der Waals surface area contributed by atoms with Gasteiger partial charge in [0.25, 0.3) is 0 Å². The van der Waals surface area contributed by atoms with Gasteiger partial charge in [-0.05, 0) is 104 Å². The van der Waals surface area contributed by atoms with Gasteiger partial charge in [-0.3, -0.25) is 0 Å². The van der Waals surface area contributed by atoms with Gasteiger partial charge >= 0.3 is 0 Å². The fraction of sp³-hybridized carbons (Fsp3) is 1.00. The van der Waals surface area contributed by atoms with E-state index in [-0.39, 0.29) is 12.2 Å². The zero-order valence-corrected chi connectivity index (χ0v) is 19.9. The van der Waals surface area contributed by atoms with Gasteiger partial charge in [-0.1, -0.05) is 53.9 Å². The van der Waals surface area contributed by atoms with Crippen LogP contribution in [0.2, 0.25) is 0 Å². The lowest BCUT2D eigenvalue weighted by atomic mass is 9.44. The number of aliphatic hydroxyl groups is 2. The van der Waals surface area contributed by atoms with Crippen molar-refractivity contribution in [2.45, 2.75) is 117 Å². The van der Waals surface area contributed by atoms with E-state index in [0.717, 1.165) is 48.9 Å². The van der Waals surface area contributed by atoms with E-state index in [2.05, 4.69) is 34.6 Å². The average Bonchev–Trinajstić information content (AvgIpc) is 2.92. The fourth-order valence-corrected chi connectivity index (χ4v) is 9.34. The van der Waals surface area contributed by atoms with Crippen LogP contribution in [0.5, 0.6) is 0 Å². The van der Waals surface area contributed by atoms with Gasteiger partial charge in [0.2, 0.25) is 0 Å². The first-order chi connectivity index (χ1) is 13.7. The number of aliphatic hydroxyl groups excluding tert-OH is 2. The van der Waals surface area contributed by atoms with Crippen molar-refractivity contribution >= 4 is 0 Å². The maximum Gasteiger partial charge on any atom is 0.0579 e. The van der Waals surface area contributed by atoms with Crippen molar-refractivity contribution in [1.29, 1.82) is 0 Å². The van der Waals surface area contributed by atoms with Crippen LogP contribution in [0.3, 0.4) is 0 Å². The molecule has 10 atom stereocenters. The van der Waals surface area contributed by atoms with E-state index in [4.69, 9.17) is 0 Å². The maximum absolute atomic E-state index is 11.3. The molecular formula is C27H48O2. The highest BCUT2D eigenvalue weighted by atomic mass is 16.3. The third-order valence-corrected chi connectivity index (χ3v) is 10.8. The Bertz CT molecular complexity index is 573. The molecule has 4 aliphatic rings. The summed E-state index contributed by atoms with van der Waals surface area (Å²) < 4.78 is 0. The van der Waals surface area contributed by atoms with Crippen LogP contribution in [0.15, 0.2) is 0 Å². The van der Waals surface area contributed by atoms with Crippen molar-refractivity contribution in [1.82, 2.24) is 0 Å². The second-order valence-corrected chi connectivity index (χ2v) is 12.8. The molecule has 0 radical (unpaired) electrons. The Labute approximate surface area is 180 Å². The van der Waals surface area contributed by atoms with Crippen molar-refractivity contribution < 1.29 is 10.2 Å². The quantitative estimate of drug-likeness (QED) is 0.553. The standard InChI is InChI=1S/C27H48O2/c1-17(2)7-6-8-18(3)25-24(29)16-23-21-10-9-19-15-20(28)11-13-26(19,4)22(21)12-14-27(23,25)5/h17-25,28-29H,6-16H2,1-5H3/t18-,19?,20?,21-,22+,23+,24?,25+,26+,27+/m1/s1. The third kappa shape index (κ3) is 3.73.